The van der Waals surface area contributed by atoms with Gasteiger partial charge in [-0.3, -0.25) is 4.79 Å². The van der Waals surface area contributed by atoms with E-state index < -0.39 is 11.9 Å². The van der Waals surface area contributed by atoms with Gasteiger partial charge >= 0.3 is 0 Å². The maximum Gasteiger partial charge on any atom is 0.268 e. The summed E-state index contributed by atoms with van der Waals surface area (Å²) < 4.78 is 19.3. The van der Waals surface area contributed by atoms with Crippen molar-refractivity contribution in [2.24, 2.45) is 11.7 Å². The van der Waals surface area contributed by atoms with Crippen molar-refractivity contribution in [3.63, 3.8) is 0 Å². The molecule has 2 atom stereocenters. The second-order valence-corrected chi connectivity index (χ2v) is 7.41. The monoisotopic (exact) mass is 426 g/mol. The fraction of sp³-hybridized carbons (Fsp3) is 0.381. The number of halogens is 3. The van der Waals surface area contributed by atoms with E-state index in [1.165, 1.54) is 18.2 Å². The molecule has 28 heavy (non-hydrogen) atoms. The third-order valence-corrected chi connectivity index (χ3v) is 5.36. The highest BCUT2D eigenvalue weighted by Gasteiger charge is 2.32. The molecule has 1 aliphatic rings. The SMILES string of the molecule is CC(N)C1CCN(C(=O)C(Oc2ccc(F)cc2Cl)c2ccccc2)CC1.Cl. The Hall–Kier alpha value is -1.82. The second kappa shape index (κ2) is 10.1. The summed E-state index contributed by atoms with van der Waals surface area (Å²) >= 11 is 6.10. The zero-order valence-corrected chi connectivity index (χ0v) is 17.3. The van der Waals surface area contributed by atoms with Gasteiger partial charge in [-0.15, -0.1) is 12.4 Å². The number of amides is 1. The van der Waals surface area contributed by atoms with E-state index in [9.17, 15) is 9.18 Å². The summed E-state index contributed by atoms with van der Waals surface area (Å²) in [4.78, 5) is 15.0. The molecule has 2 aromatic rings. The number of likely N-dealkylation sites (tertiary alicyclic amines) is 1. The molecule has 2 unspecified atom stereocenters. The highest BCUT2D eigenvalue weighted by Crippen LogP contribution is 2.32. The number of carbonyl (C=O) groups excluding carboxylic acids is 1. The first-order valence-corrected chi connectivity index (χ1v) is 9.54. The highest BCUT2D eigenvalue weighted by molar-refractivity contribution is 6.32. The van der Waals surface area contributed by atoms with Gasteiger partial charge in [0, 0.05) is 24.7 Å². The maximum atomic E-state index is 13.3. The van der Waals surface area contributed by atoms with Crippen LogP contribution in [0.25, 0.3) is 0 Å². The molecule has 0 aliphatic carbocycles. The summed E-state index contributed by atoms with van der Waals surface area (Å²) in [6.45, 7) is 3.30. The van der Waals surface area contributed by atoms with E-state index >= 15 is 0 Å². The molecule has 1 heterocycles. The van der Waals surface area contributed by atoms with Crippen molar-refractivity contribution in [3.8, 4) is 5.75 Å². The van der Waals surface area contributed by atoms with Gasteiger partial charge in [-0.05, 0) is 43.9 Å². The average molecular weight is 427 g/mol. The smallest absolute Gasteiger partial charge is 0.268 e. The number of ether oxygens (including phenoxy) is 1. The van der Waals surface area contributed by atoms with Gasteiger partial charge < -0.3 is 15.4 Å². The Labute approximate surface area is 176 Å². The normalized spacial score (nSPS) is 16.8. The Kier molecular flexibility index (Phi) is 8.10. The van der Waals surface area contributed by atoms with Gasteiger partial charge in [0.15, 0.2) is 0 Å². The number of rotatable bonds is 5. The van der Waals surface area contributed by atoms with E-state index in [1.807, 2.05) is 42.2 Å². The highest BCUT2D eigenvalue weighted by atomic mass is 35.5. The molecule has 7 heteroatoms. The number of piperidine rings is 1. The summed E-state index contributed by atoms with van der Waals surface area (Å²) in [6.07, 6.45) is 0.922. The third kappa shape index (κ3) is 5.37. The van der Waals surface area contributed by atoms with Crippen LogP contribution in [0.3, 0.4) is 0 Å². The molecule has 1 fully saturated rings. The quantitative estimate of drug-likeness (QED) is 0.759. The van der Waals surface area contributed by atoms with Crippen LogP contribution < -0.4 is 10.5 Å². The molecular formula is C21H25Cl2FN2O2. The van der Waals surface area contributed by atoms with Gasteiger partial charge in [-0.2, -0.15) is 0 Å². The molecule has 1 aliphatic heterocycles. The molecule has 0 bridgehead atoms. The fourth-order valence-corrected chi connectivity index (χ4v) is 3.61. The zero-order valence-electron chi connectivity index (χ0n) is 15.7. The lowest BCUT2D eigenvalue weighted by atomic mass is 9.90. The van der Waals surface area contributed by atoms with Crippen LogP contribution in [0.5, 0.6) is 5.75 Å². The van der Waals surface area contributed by atoms with E-state index in [4.69, 9.17) is 22.1 Å². The van der Waals surface area contributed by atoms with E-state index in [2.05, 4.69) is 0 Å². The summed E-state index contributed by atoms with van der Waals surface area (Å²) in [5.41, 5.74) is 6.73. The molecule has 4 nitrogen and oxygen atoms in total. The number of hydrogen-bond donors (Lipinski definition) is 1. The lowest BCUT2D eigenvalue weighted by molar-refractivity contribution is -0.140. The van der Waals surface area contributed by atoms with Gasteiger partial charge in [0.1, 0.15) is 11.6 Å². The minimum Gasteiger partial charge on any atom is -0.474 e. The largest absolute Gasteiger partial charge is 0.474 e. The molecule has 0 spiro atoms. The van der Waals surface area contributed by atoms with Crippen LogP contribution in [0.15, 0.2) is 48.5 Å². The fourth-order valence-electron chi connectivity index (χ4n) is 3.40. The molecule has 1 amide bonds. The van der Waals surface area contributed by atoms with Gasteiger partial charge in [0.05, 0.1) is 5.02 Å². The standard InChI is InChI=1S/C21H24ClFN2O2.ClH/c1-14(24)15-9-11-25(12-10-15)21(26)20(16-5-3-2-4-6-16)27-19-8-7-17(23)13-18(19)22;/h2-8,13-15,20H,9-12,24H2,1H3;1H. The summed E-state index contributed by atoms with van der Waals surface area (Å²) in [5.74, 6) is 0.139. The van der Waals surface area contributed by atoms with Crippen molar-refractivity contribution >= 4 is 29.9 Å². The summed E-state index contributed by atoms with van der Waals surface area (Å²) in [6, 6.07) is 13.3. The van der Waals surface area contributed by atoms with Crippen molar-refractivity contribution < 1.29 is 13.9 Å². The van der Waals surface area contributed by atoms with Crippen LogP contribution in [-0.4, -0.2) is 29.9 Å². The van der Waals surface area contributed by atoms with Gasteiger partial charge in [0.2, 0.25) is 6.10 Å². The van der Waals surface area contributed by atoms with Crippen molar-refractivity contribution in [1.29, 1.82) is 0 Å². The minimum absolute atomic E-state index is 0. The molecule has 2 N–H and O–H groups in total. The van der Waals surface area contributed by atoms with Crippen LogP contribution in [0, 0.1) is 11.7 Å². The first-order chi connectivity index (χ1) is 13.0. The van der Waals surface area contributed by atoms with E-state index in [-0.39, 0.29) is 35.1 Å². The van der Waals surface area contributed by atoms with Crippen molar-refractivity contribution in [1.82, 2.24) is 4.90 Å². The number of nitrogens with two attached hydrogens (primary N) is 1. The molecule has 1 saturated heterocycles. The van der Waals surface area contributed by atoms with Crippen LogP contribution in [0.4, 0.5) is 4.39 Å². The lowest BCUT2D eigenvalue weighted by Crippen LogP contribution is -2.45. The Morgan fingerprint density at radius 2 is 1.86 bits per heavy atom. The van der Waals surface area contributed by atoms with Crippen molar-refractivity contribution in [3.05, 3.63) is 64.9 Å². The summed E-state index contributed by atoms with van der Waals surface area (Å²) in [7, 11) is 0. The van der Waals surface area contributed by atoms with Crippen LogP contribution in [0.1, 0.15) is 31.4 Å². The minimum atomic E-state index is -0.832. The van der Waals surface area contributed by atoms with E-state index in [1.54, 1.807) is 0 Å². The third-order valence-electron chi connectivity index (χ3n) is 5.06. The number of carbonyl (C=O) groups is 1. The van der Waals surface area contributed by atoms with Crippen LogP contribution in [-0.2, 0) is 4.79 Å². The molecule has 3 rings (SSSR count). The molecule has 0 radical (unpaired) electrons. The zero-order chi connectivity index (χ0) is 19.4. The van der Waals surface area contributed by atoms with Crippen LogP contribution >= 0.6 is 24.0 Å². The maximum absolute atomic E-state index is 13.3. The van der Waals surface area contributed by atoms with Gasteiger partial charge in [-0.25, -0.2) is 4.39 Å². The van der Waals surface area contributed by atoms with Gasteiger partial charge in [-0.1, -0.05) is 41.9 Å². The molecular weight excluding hydrogens is 402 g/mol. The molecule has 2 aromatic carbocycles. The summed E-state index contributed by atoms with van der Waals surface area (Å²) in [5, 5.41) is 0.138. The number of nitrogens with zero attached hydrogens (tertiary/aromatic N) is 1. The topological polar surface area (TPSA) is 55.6 Å². The van der Waals surface area contributed by atoms with Crippen molar-refractivity contribution in [2.75, 3.05) is 13.1 Å². The number of hydrogen-bond acceptors (Lipinski definition) is 3. The Morgan fingerprint density at radius 3 is 2.43 bits per heavy atom. The second-order valence-electron chi connectivity index (χ2n) is 7.01. The first kappa shape index (κ1) is 22.5. The molecule has 152 valence electrons. The number of benzene rings is 2. The van der Waals surface area contributed by atoms with Gasteiger partial charge in [0.25, 0.3) is 5.91 Å². The molecule has 0 saturated carbocycles. The Balaban J connectivity index is 0.00000280. The van der Waals surface area contributed by atoms with E-state index in [0.29, 0.717) is 19.0 Å². The lowest BCUT2D eigenvalue weighted by Gasteiger charge is -2.35. The predicted molar refractivity (Wildman–Crippen MR) is 111 cm³/mol. The first-order valence-electron chi connectivity index (χ1n) is 9.16. The average Bonchev–Trinajstić information content (AvgIpc) is 2.67. The predicted octanol–water partition coefficient (Wildman–Crippen LogP) is 4.61. The van der Waals surface area contributed by atoms with Crippen molar-refractivity contribution in [2.45, 2.75) is 31.9 Å². The molecule has 0 aromatic heterocycles. The Morgan fingerprint density at radius 1 is 1.21 bits per heavy atom. The van der Waals surface area contributed by atoms with Crippen LogP contribution in [0.2, 0.25) is 5.02 Å². The van der Waals surface area contributed by atoms with E-state index in [0.717, 1.165) is 18.4 Å². The Bertz CT molecular complexity index is 781.